The van der Waals surface area contributed by atoms with Crippen LogP contribution in [0.5, 0.6) is 0 Å². The zero-order valence-electron chi connectivity index (χ0n) is 14.1. The Morgan fingerprint density at radius 2 is 1.79 bits per heavy atom. The fourth-order valence-electron chi connectivity index (χ4n) is 2.46. The van der Waals surface area contributed by atoms with Crippen molar-refractivity contribution in [1.82, 2.24) is 29.3 Å². The molecule has 8 nitrogen and oxygen atoms in total. The van der Waals surface area contributed by atoms with Crippen LogP contribution in [0, 0.1) is 6.92 Å². The molecule has 0 fully saturated rings. The van der Waals surface area contributed by atoms with E-state index in [0.717, 1.165) is 18.7 Å². The van der Waals surface area contributed by atoms with E-state index in [1.54, 1.807) is 28.0 Å². The number of hydrogen-bond acceptors (Lipinski definition) is 4. The van der Waals surface area contributed by atoms with Crippen LogP contribution in [0.15, 0.2) is 31.0 Å². The van der Waals surface area contributed by atoms with Gasteiger partial charge < -0.3 is 5.32 Å². The zero-order valence-corrected chi connectivity index (χ0v) is 14.1. The number of aryl methyl sites for hydroxylation is 3. The number of carbonyl (C=O) groups excluding carboxylic acids is 1. The standard InChI is InChI=1S/C16H21N7O/c1-4-21-8-13(6-17-21)9-23-10-14(7-18-23)19-16(24)15-11-22(5-2)20-12(15)3/h6-8,10-11H,4-5,9H2,1-3H3,(H,19,24). The molecule has 0 bridgehead atoms. The van der Waals surface area contributed by atoms with Gasteiger partial charge in [0.05, 0.1) is 35.9 Å². The predicted molar refractivity (Wildman–Crippen MR) is 89.8 cm³/mol. The third-order valence-electron chi connectivity index (χ3n) is 3.76. The monoisotopic (exact) mass is 327 g/mol. The number of rotatable bonds is 6. The minimum Gasteiger partial charge on any atom is -0.319 e. The lowest BCUT2D eigenvalue weighted by atomic mass is 10.2. The molecule has 0 aliphatic heterocycles. The van der Waals surface area contributed by atoms with Gasteiger partial charge in [0.1, 0.15) is 0 Å². The Hall–Kier alpha value is -2.90. The highest BCUT2D eigenvalue weighted by molar-refractivity contribution is 6.04. The SMILES string of the molecule is CCn1cc(Cn2cc(NC(=O)c3cn(CC)nc3C)cn2)cn1. The molecule has 1 N–H and O–H groups in total. The second-order valence-electron chi connectivity index (χ2n) is 5.57. The predicted octanol–water partition coefficient (Wildman–Crippen LogP) is 1.92. The summed E-state index contributed by atoms with van der Waals surface area (Å²) < 4.78 is 5.39. The van der Waals surface area contributed by atoms with Crippen LogP contribution in [-0.2, 0) is 19.6 Å². The van der Waals surface area contributed by atoms with Crippen LogP contribution in [0.25, 0.3) is 0 Å². The summed E-state index contributed by atoms with van der Waals surface area (Å²) in [5.41, 5.74) is 3.02. The average molecular weight is 327 g/mol. The highest BCUT2D eigenvalue weighted by Crippen LogP contribution is 2.12. The van der Waals surface area contributed by atoms with Gasteiger partial charge in [-0.2, -0.15) is 15.3 Å². The smallest absolute Gasteiger partial charge is 0.259 e. The van der Waals surface area contributed by atoms with Crippen LogP contribution in [0.2, 0.25) is 0 Å². The molecular weight excluding hydrogens is 306 g/mol. The fraction of sp³-hybridized carbons (Fsp3) is 0.375. The molecule has 3 aromatic heterocycles. The van der Waals surface area contributed by atoms with Gasteiger partial charge in [-0.15, -0.1) is 0 Å². The Labute approximate surface area is 140 Å². The minimum absolute atomic E-state index is 0.175. The van der Waals surface area contributed by atoms with Gasteiger partial charge in [-0.3, -0.25) is 18.8 Å². The largest absolute Gasteiger partial charge is 0.319 e. The van der Waals surface area contributed by atoms with E-state index in [0.29, 0.717) is 23.5 Å². The molecule has 0 aliphatic rings. The molecule has 126 valence electrons. The zero-order chi connectivity index (χ0) is 17.1. The molecule has 0 saturated heterocycles. The summed E-state index contributed by atoms with van der Waals surface area (Å²) in [6.45, 7) is 8.04. The van der Waals surface area contributed by atoms with Crippen molar-refractivity contribution in [3.8, 4) is 0 Å². The van der Waals surface area contributed by atoms with Crippen molar-refractivity contribution in [3.05, 3.63) is 47.8 Å². The lowest BCUT2D eigenvalue weighted by molar-refractivity contribution is 0.102. The minimum atomic E-state index is -0.175. The Morgan fingerprint density at radius 3 is 2.46 bits per heavy atom. The van der Waals surface area contributed by atoms with Crippen LogP contribution in [-0.4, -0.2) is 35.2 Å². The fourth-order valence-corrected chi connectivity index (χ4v) is 2.46. The number of aromatic nitrogens is 6. The van der Waals surface area contributed by atoms with Crippen molar-refractivity contribution < 1.29 is 4.79 Å². The highest BCUT2D eigenvalue weighted by atomic mass is 16.1. The van der Waals surface area contributed by atoms with Crippen molar-refractivity contribution >= 4 is 11.6 Å². The van der Waals surface area contributed by atoms with E-state index >= 15 is 0 Å². The molecule has 24 heavy (non-hydrogen) atoms. The number of nitrogens with one attached hydrogen (secondary N) is 1. The van der Waals surface area contributed by atoms with Gasteiger partial charge >= 0.3 is 0 Å². The first-order valence-electron chi connectivity index (χ1n) is 7.98. The summed E-state index contributed by atoms with van der Waals surface area (Å²) in [6.07, 6.45) is 9.02. The first-order chi connectivity index (χ1) is 11.6. The van der Waals surface area contributed by atoms with E-state index in [1.165, 1.54) is 0 Å². The number of anilines is 1. The topological polar surface area (TPSA) is 82.6 Å². The summed E-state index contributed by atoms with van der Waals surface area (Å²) in [7, 11) is 0. The third kappa shape index (κ3) is 3.37. The van der Waals surface area contributed by atoms with Crippen molar-refractivity contribution in [3.63, 3.8) is 0 Å². The normalized spacial score (nSPS) is 11.0. The van der Waals surface area contributed by atoms with E-state index < -0.39 is 0 Å². The summed E-state index contributed by atoms with van der Waals surface area (Å²) in [5, 5.41) is 15.7. The molecule has 8 heteroatoms. The molecule has 3 rings (SSSR count). The third-order valence-corrected chi connectivity index (χ3v) is 3.76. The maximum absolute atomic E-state index is 12.4. The lowest BCUT2D eigenvalue weighted by Crippen LogP contribution is -2.12. The van der Waals surface area contributed by atoms with Gasteiger partial charge in [-0.05, 0) is 20.8 Å². The molecular formula is C16H21N7O. The van der Waals surface area contributed by atoms with E-state index in [4.69, 9.17) is 0 Å². The van der Waals surface area contributed by atoms with Crippen LogP contribution in [0.4, 0.5) is 5.69 Å². The highest BCUT2D eigenvalue weighted by Gasteiger charge is 2.14. The number of carbonyl (C=O) groups is 1. The molecule has 0 saturated carbocycles. The average Bonchev–Trinajstić information content (AvgIpc) is 3.28. The van der Waals surface area contributed by atoms with Crippen molar-refractivity contribution in [1.29, 1.82) is 0 Å². The van der Waals surface area contributed by atoms with E-state index in [-0.39, 0.29) is 5.91 Å². The molecule has 0 aromatic carbocycles. The van der Waals surface area contributed by atoms with E-state index in [1.807, 2.05) is 37.8 Å². The summed E-state index contributed by atoms with van der Waals surface area (Å²) >= 11 is 0. The second kappa shape index (κ2) is 6.69. The first-order valence-corrected chi connectivity index (χ1v) is 7.98. The maximum atomic E-state index is 12.4. The van der Waals surface area contributed by atoms with E-state index in [2.05, 4.69) is 20.6 Å². The molecule has 3 aromatic rings. The molecule has 0 radical (unpaired) electrons. The van der Waals surface area contributed by atoms with Crippen molar-refractivity contribution in [2.45, 2.75) is 40.4 Å². The Bertz CT molecular complexity index is 842. The summed E-state index contributed by atoms with van der Waals surface area (Å²) in [5.74, 6) is -0.175. The number of hydrogen-bond donors (Lipinski definition) is 1. The molecule has 0 spiro atoms. The Kier molecular flexibility index (Phi) is 4.45. The van der Waals surface area contributed by atoms with Gasteiger partial charge in [0.15, 0.2) is 0 Å². The molecule has 3 heterocycles. The van der Waals surface area contributed by atoms with Gasteiger partial charge in [-0.25, -0.2) is 0 Å². The van der Waals surface area contributed by atoms with Crippen molar-refractivity contribution in [2.75, 3.05) is 5.32 Å². The summed E-state index contributed by atoms with van der Waals surface area (Å²) in [6, 6.07) is 0. The van der Waals surface area contributed by atoms with Gasteiger partial charge in [0.2, 0.25) is 0 Å². The van der Waals surface area contributed by atoms with Crippen LogP contribution >= 0.6 is 0 Å². The van der Waals surface area contributed by atoms with Gasteiger partial charge in [0, 0.05) is 37.2 Å². The number of amides is 1. The second-order valence-corrected chi connectivity index (χ2v) is 5.57. The molecule has 0 atom stereocenters. The quantitative estimate of drug-likeness (QED) is 0.750. The lowest BCUT2D eigenvalue weighted by Gasteiger charge is -2.00. The number of nitrogens with zero attached hydrogens (tertiary/aromatic N) is 6. The van der Waals surface area contributed by atoms with Crippen LogP contribution < -0.4 is 5.32 Å². The molecule has 0 aliphatic carbocycles. The van der Waals surface area contributed by atoms with Gasteiger partial charge in [0.25, 0.3) is 5.91 Å². The van der Waals surface area contributed by atoms with Crippen LogP contribution in [0.3, 0.4) is 0 Å². The summed E-state index contributed by atoms with van der Waals surface area (Å²) in [4.78, 5) is 12.4. The Morgan fingerprint density at radius 1 is 1.04 bits per heavy atom. The van der Waals surface area contributed by atoms with Gasteiger partial charge in [-0.1, -0.05) is 0 Å². The molecule has 0 unspecified atom stereocenters. The first kappa shape index (κ1) is 16.0. The maximum Gasteiger partial charge on any atom is 0.259 e. The molecule has 1 amide bonds. The van der Waals surface area contributed by atoms with Crippen LogP contribution in [0.1, 0.15) is 35.5 Å². The van der Waals surface area contributed by atoms with E-state index in [9.17, 15) is 4.79 Å². The Balaban J connectivity index is 1.66. The van der Waals surface area contributed by atoms with Crippen molar-refractivity contribution in [2.24, 2.45) is 0 Å².